The zero-order chi connectivity index (χ0) is 34.3. The summed E-state index contributed by atoms with van der Waals surface area (Å²) < 4.78 is 0. The Balaban J connectivity index is 2.46. The molecule has 0 aliphatic heterocycles. The lowest BCUT2D eigenvalue weighted by atomic mass is 10.1. The van der Waals surface area contributed by atoms with Gasteiger partial charge in [0, 0.05) is 44.0 Å². The Labute approximate surface area is 277 Å². The molecular weight excluding hydrogens is 610 g/mol. The highest BCUT2D eigenvalue weighted by Crippen LogP contribution is 2.08. The minimum Gasteiger partial charge on any atom is -0.480 e. The van der Waals surface area contributed by atoms with E-state index in [9.17, 15) is 33.9 Å². The maximum Gasteiger partial charge on any atom is 0.326 e. The van der Waals surface area contributed by atoms with E-state index in [4.69, 9.17) is 0 Å². The predicted octanol–water partition coefficient (Wildman–Crippen LogP) is 2.94. The quantitative estimate of drug-likeness (QED) is 0.0857. The van der Waals surface area contributed by atoms with Gasteiger partial charge in [-0.05, 0) is 74.7 Å². The Bertz CT molecular complexity index is 1110. The van der Waals surface area contributed by atoms with E-state index in [-0.39, 0.29) is 18.1 Å². The number of thioether (sulfide) groups is 1. The first-order chi connectivity index (χ1) is 22.0. The number of unbranched alkanes of at least 4 members (excludes halogenated alkanes) is 2. The Hall–Kier alpha value is -3.45. The molecule has 0 radical (unpaired) electrons. The Morgan fingerprint density at radius 3 is 2.13 bits per heavy atom. The van der Waals surface area contributed by atoms with Crippen molar-refractivity contribution in [1.29, 1.82) is 0 Å². The van der Waals surface area contributed by atoms with Gasteiger partial charge in [0.2, 0.25) is 17.7 Å². The largest absolute Gasteiger partial charge is 0.480 e. The zero-order valence-corrected chi connectivity index (χ0v) is 28.6. The third-order valence-corrected chi connectivity index (χ3v) is 7.74. The molecule has 258 valence electrons. The predicted molar refractivity (Wildman–Crippen MR) is 180 cm³/mol. The Morgan fingerprint density at radius 1 is 0.804 bits per heavy atom. The van der Waals surface area contributed by atoms with E-state index >= 15 is 0 Å². The molecule has 1 aromatic rings. The topological polar surface area (TPSA) is 183 Å². The SMILES string of the molecule is CCCC(=O)CCCCC(=O)NCCCCC(NC(=O)CNC(=O)C(CCSC)NC(=O)c1ccc(CNC(C)C)cc1)C(=O)O. The van der Waals surface area contributed by atoms with Crippen LogP contribution in [-0.4, -0.2) is 83.7 Å². The van der Waals surface area contributed by atoms with Gasteiger partial charge in [-0.2, -0.15) is 11.8 Å². The molecule has 6 N–H and O–H groups in total. The summed E-state index contributed by atoms with van der Waals surface area (Å²) in [4.78, 5) is 73.4. The van der Waals surface area contributed by atoms with Gasteiger partial charge in [-0.25, -0.2) is 4.79 Å². The van der Waals surface area contributed by atoms with Crippen LogP contribution in [0.15, 0.2) is 24.3 Å². The lowest BCUT2D eigenvalue weighted by Gasteiger charge is -2.19. The van der Waals surface area contributed by atoms with Gasteiger partial charge in [0.15, 0.2) is 0 Å². The normalized spacial score (nSPS) is 12.2. The molecule has 0 saturated carbocycles. The van der Waals surface area contributed by atoms with Crippen molar-refractivity contribution >= 4 is 47.1 Å². The summed E-state index contributed by atoms with van der Waals surface area (Å²) in [5, 5.41) is 23.3. The number of hydrogen-bond acceptors (Lipinski definition) is 8. The molecule has 0 heterocycles. The van der Waals surface area contributed by atoms with E-state index < -0.39 is 42.3 Å². The van der Waals surface area contributed by atoms with Crippen LogP contribution in [0.3, 0.4) is 0 Å². The maximum absolute atomic E-state index is 12.9. The average molecular weight is 664 g/mol. The summed E-state index contributed by atoms with van der Waals surface area (Å²) in [5.74, 6) is -2.09. The first-order valence-corrected chi connectivity index (χ1v) is 17.6. The number of hydrogen-bond donors (Lipinski definition) is 6. The number of amides is 4. The standard InChI is InChI=1S/C33H53N5O7S/c1-5-10-26(39)11-6-7-13-29(40)34-19-9-8-12-28(33(44)45)37-30(41)22-36-32(43)27(18-20-46-4)38-31(42)25-16-14-24(15-17-25)21-35-23(2)3/h14-17,23,27-28,35H,5-13,18-22H2,1-4H3,(H,34,40)(H,36,43)(H,37,41)(H,38,42)(H,44,45). The number of carbonyl (C=O) groups excluding carboxylic acids is 5. The summed E-state index contributed by atoms with van der Waals surface area (Å²) >= 11 is 1.52. The second-order valence-electron chi connectivity index (χ2n) is 11.6. The minimum absolute atomic E-state index is 0.110. The molecule has 1 aromatic carbocycles. The summed E-state index contributed by atoms with van der Waals surface area (Å²) in [6, 6.07) is 5.41. The number of benzene rings is 1. The Morgan fingerprint density at radius 2 is 1.50 bits per heavy atom. The number of aliphatic carboxylic acids is 1. The highest BCUT2D eigenvalue weighted by molar-refractivity contribution is 7.98. The lowest BCUT2D eigenvalue weighted by Crippen LogP contribution is -2.51. The van der Waals surface area contributed by atoms with Crippen LogP contribution in [0, 0.1) is 0 Å². The van der Waals surface area contributed by atoms with Gasteiger partial charge in [-0.15, -0.1) is 0 Å². The molecule has 0 spiro atoms. The van der Waals surface area contributed by atoms with Crippen LogP contribution in [0.5, 0.6) is 0 Å². The van der Waals surface area contributed by atoms with Crippen LogP contribution in [0.25, 0.3) is 0 Å². The molecule has 0 aliphatic carbocycles. The molecule has 1 rings (SSSR count). The molecule has 0 aliphatic rings. The van der Waals surface area contributed by atoms with Crippen LogP contribution >= 0.6 is 11.8 Å². The molecule has 0 aromatic heterocycles. The van der Waals surface area contributed by atoms with Crippen LogP contribution in [0.4, 0.5) is 0 Å². The molecule has 2 unspecified atom stereocenters. The van der Waals surface area contributed by atoms with Crippen LogP contribution in [0.1, 0.15) is 101 Å². The van der Waals surface area contributed by atoms with Gasteiger partial charge in [-0.1, -0.05) is 32.9 Å². The van der Waals surface area contributed by atoms with Crippen molar-refractivity contribution in [3.8, 4) is 0 Å². The molecule has 0 saturated heterocycles. The number of carboxylic acid groups (broad SMARTS) is 1. The molecular formula is C33H53N5O7S. The fraction of sp³-hybridized carbons (Fsp3) is 0.636. The molecule has 2 atom stereocenters. The molecule has 0 fully saturated rings. The first kappa shape index (κ1) is 40.6. The Kier molecular flexibility index (Phi) is 21.0. The van der Waals surface area contributed by atoms with Crippen molar-refractivity contribution in [2.75, 3.05) is 25.1 Å². The van der Waals surface area contributed by atoms with Crippen molar-refractivity contribution in [2.24, 2.45) is 0 Å². The van der Waals surface area contributed by atoms with Crippen molar-refractivity contribution in [3.63, 3.8) is 0 Å². The highest BCUT2D eigenvalue weighted by atomic mass is 32.2. The fourth-order valence-electron chi connectivity index (χ4n) is 4.44. The molecule has 12 nitrogen and oxygen atoms in total. The van der Waals surface area contributed by atoms with Gasteiger partial charge in [0.05, 0.1) is 6.54 Å². The number of rotatable bonds is 25. The van der Waals surface area contributed by atoms with E-state index in [1.807, 2.05) is 39.2 Å². The lowest BCUT2D eigenvalue weighted by molar-refractivity contribution is -0.142. The van der Waals surface area contributed by atoms with Crippen LogP contribution in [-0.2, 0) is 30.5 Å². The second kappa shape index (κ2) is 23.8. The zero-order valence-electron chi connectivity index (χ0n) is 27.7. The van der Waals surface area contributed by atoms with E-state index in [1.165, 1.54) is 11.8 Å². The van der Waals surface area contributed by atoms with E-state index in [0.29, 0.717) is 81.8 Å². The van der Waals surface area contributed by atoms with Gasteiger partial charge in [0.25, 0.3) is 5.91 Å². The summed E-state index contributed by atoms with van der Waals surface area (Å²) in [6.45, 7) is 6.67. The molecule has 4 amide bonds. The van der Waals surface area contributed by atoms with E-state index in [0.717, 1.165) is 12.0 Å². The highest BCUT2D eigenvalue weighted by Gasteiger charge is 2.23. The molecule has 46 heavy (non-hydrogen) atoms. The van der Waals surface area contributed by atoms with Crippen LogP contribution < -0.4 is 26.6 Å². The number of nitrogens with one attached hydrogen (secondary N) is 5. The van der Waals surface area contributed by atoms with Crippen molar-refractivity contribution in [1.82, 2.24) is 26.6 Å². The van der Waals surface area contributed by atoms with Crippen molar-refractivity contribution < 1.29 is 33.9 Å². The van der Waals surface area contributed by atoms with Crippen LogP contribution in [0.2, 0.25) is 0 Å². The summed E-state index contributed by atoms with van der Waals surface area (Å²) in [7, 11) is 0. The van der Waals surface area contributed by atoms with Crippen molar-refractivity contribution in [3.05, 3.63) is 35.4 Å². The third-order valence-electron chi connectivity index (χ3n) is 7.10. The first-order valence-electron chi connectivity index (χ1n) is 16.2. The van der Waals surface area contributed by atoms with Gasteiger partial charge in [-0.3, -0.25) is 24.0 Å². The number of carbonyl (C=O) groups is 6. The van der Waals surface area contributed by atoms with Gasteiger partial charge < -0.3 is 31.7 Å². The van der Waals surface area contributed by atoms with Gasteiger partial charge >= 0.3 is 5.97 Å². The van der Waals surface area contributed by atoms with Gasteiger partial charge in [0.1, 0.15) is 17.9 Å². The van der Waals surface area contributed by atoms with E-state index in [2.05, 4.69) is 26.6 Å². The average Bonchev–Trinajstić information content (AvgIpc) is 3.02. The number of Topliss-reactive ketones (excluding diaryl/α,β-unsaturated/α-hetero) is 1. The fourth-order valence-corrected chi connectivity index (χ4v) is 4.91. The molecule has 13 heteroatoms. The minimum atomic E-state index is -1.20. The van der Waals surface area contributed by atoms with E-state index in [1.54, 1.807) is 12.1 Å². The van der Waals surface area contributed by atoms with Crippen molar-refractivity contribution in [2.45, 2.75) is 110 Å². The second-order valence-corrected chi connectivity index (χ2v) is 12.5. The third kappa shape index (κ3) is 18.5. The maximum atomic E-state index is 12.9. The number of ketones is 1. The number of carboxylic acids is 1. The summed E-state index contributed by atoms with van der Waals surface area (Å²) in [5.41, 5.74) is 1.44. The summed E-state index contributed by atoms with van der Waals surface area (Å²) in [6.07, 6.45) is 6.94. The smallest absolute Gasteiger partial charge is 0.326 e. The molecule has 0 bridgehead atoms. The monoisotopic (exact) mass is 663 g/mol.